The first-order valence-corrected chi connectivity index (χ1v) is 12.8. The number of rotatable bonds is 7. The number of nitrogens with zero attached hydrogens (tertiary/aromatic N) is 6. The second-order valence-corrected chi connectivity index (χ2v) is 10.3. The Balaban J connectivity index is 1.55. The van der Waals surface area contributed by atoms with Crippen molar-refractivity contribution in [1.29, 1.82) is 0 Å². The Labute approximate surface area is 211 Å². The summed E-state index contributed by atoms with van der Waals surface area (Å²) in [4.78, 5) is 39.4. The molecule has 0 aliphatic heterocycles. The Kier molecular flexibility index (Phi) is 6.26. The minimum Gasteiger partial charge on any atom is -0.350 e. The summed E-state index contributed by atoms with van der Waals surface area (Å²) < 4.78 is 5.85. The van der Waals surface area contributed by atoms with Crippen LogP contribution in [0, 0.1) is 0 Å². The van der Waals surface area contributed by atoms with Crippen LogP contribution in [0.4, 0.5) is 0 Å². The molecule has 0 saturated carbocycles. The monoisotopic (exact) mass is 529 g/mol. The predicted octanol–water partition coefficient (Wildman–Crippen LogP) is 2.25. The van der Waals surface area contributed by atoms with Crippen molar-refractivity contribution < 1.29 is 4.79 Å². The van der Waals surface area contributed by atoms with Crippen LogP contribution in [0.5, 0.6) is 0 Å². The quantitative estimate of drug-likeness (QED) is 0.324. The Bertz CT molecular complexity index is 1660. The zero-order valence-corrected chi connectivity index (χ0v) is 21.2. The number of carbonyl (C=O) groups is 1. The second kappa shape index (κ2) is 9.36. The maximum absolute atomic E-state index is 13.2. The second-order valence-electron chi connectivity index (χ2n) is 7.85. The average molecular weight is 530 g/mol. The summed E-state index contributed by atoms with van der Waals surface area (Å²) in [5.74, 6) is 0.346. The molecule has 1 aromatic carbocycles. The Morgan fingerprint density at radius 1 is 1.11 bits per heavy atom. The summed E-state index contributed by atoms with van der Waals surface area (Å²) in [6, 6.07) is 11.2. The SMILES string of the molecule is Cn1c(=O)c2c(n(C)c1=O)n1c(SCC(=O)NCc3cccs3)nnc1n2Cc1ccc(Cl)cc1. The fourth-order valence-corrected chi connectivity index (χ4v) is 5.35. The number of nitrogens with one attached hydrogen (secondary N) is 1. The van der Waals surface area contributed by atoms with Gasteiger partial charge in [-0.1, -0.05) is 41.6 Å². The summed E-state index contributed by atoms with van der Waals surface area (Å²) in [5.41, 5.74) is 0.681. The highest BCUT2D eigenvalue weighted by molar-refractivity contribution is 7.99. The van der Waals surface area contributed by atoms with Gasteiger partial charge in [-0.3, -0.25) is 23.3 Å². The number of imidazole rings is 1. The van der Waals surface area contributed by atoms with Crippen LogP contribution in [0.1, 0.15) is 10.4 Å². The van der Waals surface area contributed by atoms with E-state index in [-0.39, 0.29) is 11.7 Å². The summed E-state index contributed by atoms with van der Waals surface area (Å²) in [6.45, 7) is 0.777. The molecule has 0 unspecified atom stereocenters. The van der Waals surface area contributed by atoms with Crippen LogP contribution in [0.3, 0.4) is 0 Å². The maximum Gasteiger partial charge on any atom is 0.332 e. The van der Waals surface area contributed by atoms with E-state index in [2.05, 4.69) is 15.5 Å². The van der Waals surface area contributed by atoms with Gasteiger partial charge in [-0.05, 0) is 29.1 Å². The van der Waals surface area contributed by atoms with Crippen molar-refractivity contribution in [3.63, 3.8) is 0 Å². The number of aryl methyl sites for hydroxylation is 1. The fourth-order valence-electron chi connectivity index (χ4n) is 3.83. The number of fused-ring (bicyclic) bond motifs is 3. The van der Waals surface area contributed by atoms with E-state index in [1.807, 2.05) is 29.6 Å². The number of halogens is 1. The van der Waals surface area contributed by atoms with Crippen LogP contribution >= 0.6 is 34.7 Å². The maximum atomic E-state index is 13.2. The lowest BCUT2D eigenvalue weighted by Crippen LogP contribution is -2.37. The zero-order valence-electron chi connectivity index (χ0n) is 18.8. The number of hydrogen-bond acceptors (Lipinski definition) is 7. The molecule has 0 aliphatic carbocycles. The van der Waals surface area contributed by atoms with Crippen LogP contribution in [0.15, 0.2) is 56.5 Å². The van der Waals surface area contributed by atoms with Gasteiger partial charge < -0.3 is 5.32 Å². The molecule has 35 heavy (non-hydrogen) atoms. The topological polar surface area (TPSA) is 108 Å². The third-order valence-electron chi connectivity index (χ3n) is 5.58. The third kappa shape index (κ3) is 4.28. The molecule has 0 spiro atoms. The number of aromatic nitrogens is 6. The first-order valence-electron chi connectivity index (χ1n) is 10.5. The molecule has 0 fully saturated rings. The van der Waals surface area contributed by atoms with Crippen molar-refractivity contribution in [2.75, 3.05) is 5.75 Å². The van der Waals surface area contributed by atoms with Crippen molar-refractivity contribution in [1.82, 2.24) is 33.6 Å². The van der Waals surface area contributed by atoms with Crippen molar-refractivity contribution in [3.8, 4) is 0 Å². The van der Waals surface area contributed by atoms with Crippen LogP contribution in [-0.2, 0) is 32.0 Å². The average Bonchev–Trinajstić information content (AvgIpc) is 3.58. The van der Waals surface area contributed by atoms with Gasteiger partial charge in [-0.25, -0.2) is 9.20 Å². The van der Waals surface area contributed by atoms with Gasteiger partial charge in [0.15, 0.2) is 16.3 Å². The van der Waals surface area contributed by atoms with Crippen LogP contribution in [-0.4, -0.2) is 40.0 Å². The van der Waals surface area contributed by atoms with Crippen LogP contribution < -0.4 is 16.6 Å². The van der Waals surface area contributed by atoms with Gasteiger partial charge in [0.05, 0.1) is 18.8 Å². The lowest BCUT2D eigenvalue weighted by molar-refractivity contribution is -0.118. The number of benzene rings is 1. The molecule has 13 heteroatoms. The van der Waals surface area contributed by atoms with Gasteiger partial charge in [-0.15, -0.1) is 21.5 Å². The standard InChI is InChI=1S/C22H20ClN7O3S2/c1-27-18-17(19(32)28(2)22(27)33)29(11-13-5-7-14(23)8-6-13)20-25-26-21(30(18)20)35-12-16(31)24-10-15-4-3-9-34-15/h3-9H,10-12H2,1-2H3,(H,24,31). The van der Waals surface area contributed by atoms with Crippen molar-refractivity contribution in [2.45, 2.75) is 18.2 Å². The first-order chi connectivity index (χ1) is 16.8. The molecule has 1 amide bonds. The number of hydrogen-bond donors (Lipinski definition) is 1. The highest BCUT2D eigenvalue weighted by Gasteiger charge is 2.24. The minimum atomic E-state index is -0.466. The molecule has 0 radical (unpaired) electrons. The van der Waals surface area contributed by atoms with Crippen LogP contribution in [0.25, 0.3) is 16.9 Å². The molecule has 180 valence electrons. The first kappa shape index (κ1) is 23.4. The molecule has 10 nitrogen and oxygen atoms in total. The minimum absolute atomic E-state index is 0.106. The summed E-state index contributed by atoms with van der Waals surface area (Å²) in [5, 5.41) is 14.4. The predicted molar refractivity (Wildman–Crippen MR) is 136 cm³/mol. The smallest absolute Gasteiger partial charge is 0.332 e. The number of thioether (sulfide) groups is 1. The van der Waals surface area contributed by atoms with E-state index in [0.717, 1.165) is 15.0 Å². The molecule has 1 N–H and O–H groups in total. The molecule has 0 atom stereocenters. The lowest BCUT2D eigenvalue weighted by Gasteiger charge is -2.08. The highest BCUT2D eigenvalue weighted by atomic mass is 35.5. The van der Waals surface area contributed by atoms with E-state index in [1.54, 1.807) is 39.5 Å². The third-order valence-corrected chi connectivity index (χ3v) is 7.63. The molecule has 0 aliphatic rings. The molecule has 0 saturated heterocycles. The van der Waals surface area contributed by atoms with Crippen molar-refractivity contribution >= 4 is 57.5 Å². The van der Waals surface area contributed by atoms with Gasteiger partial charge in [0, 0.05) is 24.0 Å². The Morgan fingerprint density at radius 3 is 2.60 bits per heavy atom. The van der Waals surface area contributed by atoms with E-state index in [4.69, 9.17) is 11.6 Å². The molecular formula is C22H20ClN7O3S2. The van der Waals surface area contributed by atoms with Gasteiger partial charge in [0.2, 0.25) is 11.7 Å². The van der Waals surface area contributed by atoms with Crippen molar-refractivity contribution in [2.24, 2.45) is 14.1 Å². The number of carbonyl (C=O) groups excluding carboxylic acids is 1. The lowest BCUT2D eigenvalue weighted by atomic mass is 10.2. The number of thiophene rings is 1. The molecule has 5 rings (SSSR count). The fraction of sp³-hybridized carbons (Fsp3) is 0.227. The van der Waals surface area contributed by atoms with Gasteiger partial charge >= 0.3 is 5.69 Å². The zero-order chi connectivity index (χ0) is 24.7. The van der Waals surface area contributed by atoms with Gasteiger partial charge in [0.25, 0.3) is 5.56 Å². The summed E-state index contributed by atoms with van der Waals surface area (Å²) in [7, 11) is 3.04. The van der Waals surface area contributed by atoms with Crippen LogP contribution in [0.2, 0.25) is 5.02 Å². The Hall–Kier alpha value is -3.35. The van der Waals surface area contributed by atoms with E-state index in [1.165, 1.54) is 23.4 Å². The highest BCUT2D eigenvalue weighted by Crippen LogP contribution is 2.24. The van der Waals surface area contributed by atoms with Gasteiger partial charge in [-0.2, -0.15) is 0 Å². The van der Waals surface area contributed by atoms with E-state index in [0.29, 0.717) is 40.2 Å². The van der Waals surface area contributed by atoms with E-state index in [9.17, 15) is 14.4 Å². The largest absolute Gasteiger partial charge is 0.350 e. The Morgan fingerprint density at radius 2 is 1.89 bits per heavy atom. The normalized spacial score (nSPS) is 11.5. The molecule has 0 bridgehead atoms. The summed E-state index contributed by atoms with van der Waals surface area (Å²) in [6.07, 6.45) is 0. The molecule has 4 aromatic heterocycles. The number of amides is 1. The van der Waals surface area contributed by atoms with E-state index < -0.39 is 11.2 Å². The van der Waals surface area contributed by atoms with E-state index >= 15 is 0 Å². The summed E-state index contributed by atoms with van der Waals surface area (Å²) >= 11 is 8.78. The molecular weight excluding hydrogens is 510 g/mol. The molecule has 4 heterocycles. The van der Waals surface area contributed by atoms with Gasteiger partial charge in [0.1, 0.15) is 0 Å². The molecule has 5 aromatic rings. The van der Waals surface area contributed by atoms with Crippen molar-refractivity contribution in [3.05, 3.63) is 78.1 Å².